The smallest absolute Gasteiger partial charge is 0.222 e. The number of benzene rings is 2. The number of amides is 1. The van der Waals surface area contributed by atoms with E-state index in [1.165, 1.54) is 5.69 Å². The van der Waals surface area contributed by atoms with Gasteiger partial charge in [-0.3, -0.25) is 4.79 Å². The van der Waals surface area contributed by atoms with Crippen LogP contribution in [0.25, 0.3) is 0 Å². The summed E-state index contributed by atoms with van der Waals surface area (Å²) in [5.74, 6) is 0.127. The molecule has 0 aliphatic carbocycles. The van der Waals surface area contributed by atoms with E-state index in [0.717, 1.165) is 24.2 Å². The van der Waals surface area contributed by atoms with Crippen LogP contribution in [0.3, 0.4) is 0 Å². The zero-order chi connectivity index (χ0) is 18.9. The van der Waals surface area contributed by atoms with Crippen LogP contribution in [0, 0.1) is 11.3 Å². The highest BCUT2D eigenvalue weighted by Crippen LogP contribution is 2.16. The van der Waals surface area contributed by atoms with E-state index in [1.54, 1.807) is 17.0 Å². The molecule has 0 saturated heterocycles. The van der Waals surface area contributed by atoms with E-state index in [9.17, 15) is 4.79 Å². The topological polar surface area (TPSA) is 47.3 Å². The second kappa shape index (κ2) is 9.62. The summed E-state index contributed by atoms with van der Waals surface area (Å²) in [6.45, 7) is 6.90. The molecule has 0 aliphatic rings. The van der Waals surface area contributed by atoms with Gasteiger partial charge in [0.05, 0.1) is 11.6 Å². The first-order chi connectivity index (χ1) is 12.6. The summed E-state index contributed by atoms with van der Waals surface area (Å²) in [4.78, 5) is 16.5. The standard InChI is InChI=1S/C22H27N3O/c1-4-25(5-2)21-13-10-20(11-14-21)17-24(3)22(26)15-12-18-6-8-19(16-23)9-7-18/h6-11,13-14H,4-5,12,15,17H2,1-3H3. The first kappa shape index (κ1) is 19.5. The molecule has 4 heteroatoms. The van der Waals surface area contributed by atoms with Gasteiger partial charge in [-0.1, -0.05) is 24.3 Å². The molecule has 136 valence electrons. The fraction of sp³-hybridized carbons (Fsp3) is 0.364. The average Bonchev–Trinajstić information content (AvgIpc) is 2.68. The third-order valence-electron chi connectivity index (χ3n) is 4.62. The number of nitriles is 1. The van der Waals surface area contributed by atoms with Crippen molar-refractivity contribution in [2.45, 2.75) is 33.2 Å². The molecule has 0 aliphatic heterocycles. The van der Waals surface area contributed by atoms with E-state index in [4.69, 9.17) is 5.26 Å². The molecular formula is C22H27N3O. The van der Waals surface area contributed by atoms with Crippen molar-refractivity contribution in [3.63, 3.8) is 0 Å². The number of hydrogen-bond donors (Lipinski definition) is 0. The summed E-state index contributed by atoms with van der Waals surface area (Å²) in [5, 5.41) is 8.82. The summed E-state index contributed by atoms with van der Waals surface area (Å²) in [5.41, 5.74) is 4.07. The van der Waals surface area contributed by atoms with Gasteiger partial charge in [-0.05, 0) is 55.7 Å². The summed E-state index contributed by atoms with van der Waals surface area (Å²) < 4.78 is 0. The monoisotopic (exact) mass is 349 g/mol. The van der Waals surface area contributed by atoms with E-state index in [0.29, 0.717) is 24.9 Å². The molecule has 1 amide bonds. The maximum atomic E-state index is 12.4. The Hall–Kier alpha value is -2.80. The summed E-state index contributed by atoms with van der Waals surface area (Å²) in [7, 11) is 1.85. The van der Waals surface area contributed by atoms with E-state index >= 15 is 0 Å². The van der Waals surface area contributed by atoms with Gasteiger partial charge in [-0.2, -0.15) is 5.26 Å². The minimum atomic E-state index is 0.127. The normalized spacial score (nSPS) is 10.2. The second-order valence-corrected chi connectivity index (χ2v) is 6.40. The number of nitrogens with zero attached hydrogens (tertiary/aromatic N) is 3. The van der Waals surface area contributed by atoms with Crippen LogP contribution in [-0.4, -0.2) is 30.9 Å². The van der Waals surface area contributed by atoms with Gasteiger partial charge >= 0.3 is 0 Å². The van der Waals surface area contributed by atoms with E-state index < -0.39 is 0 Å². The van der Waals surface area contributed by atoms with Crippen molar-refractivity contribution in [2.75, 3.05) is 25.0 Å². The number of carbonyl (C=O) groups is 1. The fourth-order valence-corrected chi connectivity index (χ4v) is 2.95. The Balaban J connectivity index is 1.87. The molecule has 2 aromatic rings. The van der Waals surface area contributed by atoms with Crippen LogP contribution < -0.4 is 4.90 Å². The lowest BCUT2D eigenvalue weighted by Gasteiger charge is -2.22. The van der Waals surface area contributed by atoms with E-state index in [1.807, 2.05) is 19.2 Å². The van der Waals surface area contributed by atoms with Gasteiger partial charge in [0.25, 0.3) is 0 Å². The number of aryl methyl sites for hydroxylation is 1. The maximum absolute atomic E-state index is 12.4. The average molecular weight is 349 g/mol. The maximum Gasteiger partial charge on any atom is 0.222 e. The number of anilines is 1. The van der Waals surface area contributed by atoms with E-state index in [-0.39, 0.29) is 5.91 Å². The molecule has 2 aromatic carbocycles. The van der Waals surface area contributed by atoms with Crippen LogP contribution in [0.15, 0.2) is 48.5 Å². The molecule has 0 radical (unpaired) electrons. The van der Waals surface area contributed by atoms with Gasteiger partial charge in [-0.25, -0.2) is 0 Å². The number of hydrogen-bond acceptors (Lipinski definition) is 3. The van der Waals surface area contributed by atoms with Crippen molar-refractivity contribution in [3.8, 4) is 6.07 Å². The number of carbonyl (C=O) groups excluding carboxylic acids is 1. The van der Waals surface area contributed by atoms with Crippen molar-refractivity contribution in [1.82, 2.24) is 4.90 Å². The van der Waals surface area contributed by atoms with Gasteiger partial charge < -0.3 is 9.80 Å². The van der Waals surface area contributed by atoms with E-state index in [2.05, 4.69) is 49.1 Å². The predicted octanol–water partition coefficient (Wildman–Crippen LogP) is 4.00. The lowest BCUT2D eigenvalue weighted by Crippen LogP contribution is -2.26. The highest BCUT2D eigenvalue weighted by atomic mass is 16.2. The molecule has 0 bridgehead atoms. The lowest BCUT2D eigenvalue weighted by molar-refractivity contribution is -0.130. The Morgan fingerprint density at radius 3 is 2.08 bits per heavy atom. The fourth-order valence-electron chi connectivity index (χ4n) is 2.95. The predicted molar refractivity (Wildman–Crippen MR) is 106 cm³/mol. The van der Waals surface area contributed by atoms with Crippen LogP contribution in [-0.2, 0) is 17.8 Å². The molecule has 0 saturated carbocycles. The van der Waals surface area contributed by atoms with Crippen molar-refractivity contribution in [2.24, 2.45) is 0 Å². The molecule has 0 spiro atoms. The minimum Gasteiger partial charge on any atom is -0.372 e. The highest BCUT2D eigenvalue weighted by Gasteiger charge is 2.10. The number of rotatable bonds is 8. The molecule has 26 heavy (non-hydrogen) atoms. The summed E-state index contributed by atoms with van der Waals surface area (Å²) in [6.07, 6.45) is 1.16. The third kappa shape index (κ3) is 5.35. The van der Waals surface area contributed by atoms with Crippen LogP contribution in [0.5, 0.6) is 0 Å². The van der Waals surface area contributed by atoms with Gasteiger partial charge in [0.2, 0.25) is 5.91 Å². The molecule has 0 heterocycles. The SMILES string of the molecule is CCN(CC)c1ccc(CN(C)C(=O)CCc2ccc(C#N)cc2)cc1. The van der Waals surface area contributed by atoms with Crippen molar-refractivity contribution < 1.29 is 4.79 Å². The Morgan fingerprint density at radius 2 is 1.54 bits per heavy atom. The Kier molecular flexibility index (Phi) is 7.23. The van der Waals surface area contributed by atoms with Gasteiger partial charge in [-0.15, -0.1) is 0 Å². The van der Waals surface area contributed by atoms with Crippen LogP contribution in [0.1, 0.15) is 37.0 Å². The van der Waals surface area contributed by atoms with Gasteiger partial charge in [0, 0.05) is 38.8 Å². The lowest BCUT2D eigenvalue weighted by atomic mass is 10.1. The summed E-state index contributed by atoms with van der Waals surface area (Å²) in [6, 6.07) is 18.0. The molecule has 0 N–H and O–H groups in total. The van der Waals surface area contributed by atoms with Crippen molar-refractivity contribution in [3.05, 3.63) is 65.2 Å². The van der Waals surface area contributed by atoms with Gasteiger partial charge in [0.15, 0.2) is 0 Å². The van der Waals surface area contributed by atoms with Crippen LogP contribution in [0.2, 0.25) is 0 Å². The quantitative estimate of drug-likeness (QED) is 0.724. The first-order valence-corrected chi connectivity index (χ1v) is 9.14. The molecule has 0 atom stereocenters. The van der Waals surface area contributed by atoms with Crippen molar-refractivity contribution >= 4 is 11.6 Å². The van der Waals surface area contributed by atoms with Crippen molar-refractivity contribution in [1.29, 1.82) is 5.26 Å². The zero-order valence-electron chi connectivity index (χ0n) is 15.9. The minimum absolute atomic E-state index is 0.127. The molecule has 0 unspecified atom stereocenters. The third-order valence-corrected chi connectivity index (χ3v) is 4.62. The molecule has 4 nitrogen and oxygen atoms in total. The Morgan fingerprint density at radius 1 is 0.962 bits per heavy atom. The van der Waals surface area contributed by atoms with Crippen LogP contribution >= 0.6 is 0 Å². The second-order valence-electron chi connectivity index (χ2n) is 6.40. The first-order valence-electron chi connectivity index (χ1n) is 9.14. The zero-order valence-corrected chi connectivity index (χ0v) is 15.9. The Labute approximate surface area is 156 Å². The largest absolute Gasteiger partial charge is 0.372 e. The van der Waals surface area contributed by atoms with Gasteiger partial charge in [0.1, 0.15) is 0 Å². The molecule has 0 aromatic heterocycles. The molecule has 2 rings (SSSR count). The molecular weight excluding hydrogens is 322 g/mol. The Bertz CT molecular complexity index is 740. The summed E-state index contributed by atoms with van der Waals surface area (Å²) >= 11 is 0. The molecule has 0 fully saturated rings. The highest BCUT2D eigenvalue weighted by molar-refractivity contribution is 5.76. The van der Waals surface area contributed by atoms with Crippen LogP contribution in [0.4, 0.5) is 5.69 Å².